The zero-order valence-electron chi connectivity index (χ0n) is 20.5. The number of sulfonamides is 1. The van der Waals surface area contributed by atoms with Crippen molar-refractivity contribution in [1.82, 2.24) is 24.6 Å². The molecule has 1 N–H and O–H groups in total. The number of nitrogens with zero attached hydrogens (tertiary/aromatic N) is 4. The molecule has 0 radical (unpaired) electrons. The molecule has 1 amide bonds. The Balaban J connectivity index is 1.48. The van der Waals surface area contributed by atoms with Crippen LogP contribution in [0, 0.1) is 0 Å². The van der Waals surface area contributed by atoms with Crippen molar-refractivity contribution in [1.29, 1.82) is 0 Å². The van der Waals surface area contributed by atoms with Gasteiger partial charge in [-0.2, -0.15) is 4.31 Å². The number of carbonyl (C=O) groups excluding carboxylic acids is 1. The molecule has 4 rings (SSSR count). The van der Waals surface area contributed by atoms with Crippen LogP contribution in [0.1, 0.15) is 52.0 Å². The second-order valence-corrected chi connectivity index (χ2v) is 11.0. The fraction of sp³-hybridized carbons (Fsp3) is 0.480. The first-order valence-electron chi connectivity index (χ1n) is 12.2. The van der Waals surface area contributed by atoms with Gasteiger partial charge in [0.15, 0.2) is 0 Å². The number of nitrogens with one attached hydrogen (secondary N) is 1. The number of rotatable bonds is 9. The summed E-state index contributed by atoms with van der Waals surface area (Å²) in [4.78, 5) is 13.2. The van der Waals surface area contributed by atoms with E-state index >= 15 is 0 Å². The second kappa shape index (κ2) is 10.7. The topological polar surface area (TPSA) is 106 Å². The summed E-state index contributed by atoms with van der Waals surface area (Å²) in [5.74, 6) is 0.483. The minimum atomic E-state index is -3.87. The number of amides is 1. The zero-order chi connectivity index (χ0) is 25.0. The number of benzene rings is 2. The lowest BCUT2D eigenvalue weighted by Crippen LogP contribution is -2.51. The van der Waals surface area contributed by atoms with E-state index in [0.29, 0.717) is 31.6 Å². The third-order valence-electron chi connectivity index (χ3n) is 6.05. The van der Waals surface area contributed by atoms with Crippen LogP contribution in [0.25, 0.3) is 11.0 Å². The Hall–Kier alpha value is -2.98. The van der Waals surface area contributed by atoms with E-state index in [1.807, 2.05) is 45.0 Å². The molecule has 9 nitrogen and oxygen atoms in total. The average molecular weight is 500 g/mol. The predicted molar refractivity (Wildman–Crippen MR) is 133 cm³/mol. The molecule has 0 spiro atoms. The summed E-state index contributed by atoms with van der Waals surface area (Å²) in [5, 5.41) is 11.2. The summed E-state index contributed by atoms with van der Waals surface area (Å²) in [6.45, 7) is 7.31. The maximum absolute atomic E-state index is 13.6. The molecule has 10 heteroatoms. The van der Waals surface area contributed by atoms with Crippen LogP contribution in [-0.4, -0.2) is 52.3 Å². The van der Waals surface area contributed by atoms with Gasteiger partial charge >= 0.3 is 0 Å². The number of hydrogen-bond acceptors (Lipinski definition) is 6. The molecule has 0 saturated carbocycles. The van der Waals surface area contributed by atoms with Gasteiger partial charge in [0.05, 0.1) is 16.5 Å². The summed E-state index contributed by atoms with van der Waals surface area (Å²) >= 11 is 0. The van der Waals surface area contributed by atoms with Crippen LogP contribution in [0.2, 0.25) is 0 Å². The Labute approximate surface area is 206 Å². The van der Waals surface area contributed by atoms with Crippen molar-refractivity contribution in [3.8, 4) is 5.75 Å². The molecule has 1 aliphatic heterocycles. The van der Waals surface area contributed by atoms with Crippen LogP contribution < -0.4 is 10.1 Å². The van der Waals surface area contributed by atoms with Gasteiger partial charge in [-0.25, -0.2) is 13.1 Å². The zero-order valence-corrected chi connectivity index (χ0v) is 21.3. The number of aromatic nitrogens is 3. The van der Waals surface area contributed by atoms with E-state index in [0.717, 1.165) is 36.1 Å². The van der Waals surface area contributed by atoms with Crippen molar-refractivity contribution >= 4 is 27.0 Å². The maximum Gasteiger partial charge on any atom is 0.243 e. The molecule has 2 heterocycles. The van der Waals surface area contributed by atoms with E-state index in [-0.39, 0.29) is 16.9 Å². The number of aryl methyl sites for hydroxylation is 1. The van der Waals surface area contributed by atoms with Gasteiger partial charge in [-0.15, -0.1) is 5.10 Å². The monoisotopic (exact) mass is 499 g/mol. The Kier molecular flexibility index (Phi) is 7.71. The quantitative estimate of drug-likeness (QED) is 0.483. The van der Waals surface area contributed by atoms with Crippen molar-refractivity contribution in [2.75, 3.05) is 6.54 Å². The summed E-state index contributed by atoms with van der Waals surface area (Å²) in [7, 11) is -3.87. The molecule has 35 heavy (non-hydrogen) atoms. The lowest BCUT2D eigenvalue weighted by Gasteiger charge is -2.33. The van der Waals surface area contributed by atoms with E-state index < -0.39 is 16.1 Å². The second-order valence-electron chi connectivity index (χ2n) is 9.12. The highest BCUT2D eigenvalue weighted by molar-refractivity contribution is 7.89. The molecule has 1 unspecified atom stereocenters. The minimum Gasteiger partial charge on any atom is -0.491 e. The summed E-state index contributed by atoms with van der Waals surface area (Å²) in [6.07, 6.45) is 2.99. The maximum atomic E-state index is 13.6. The van der Waals surface area contributed by atoms with Gasteiger partial charge in [-0.3, -0.25) is 4.79 Å². The highest BCUT2D eigenvalue weighted by Crippen LogP contribution is 2.27. The molecule has 1 saturated heterocycles. The summed E-state index contributed by atoms with van der Waals surface area (Å²) < 4.78 is 35.9. The molecule has 0 aliphatic carbocycles. The van der Waals surface area contributed by atoms with Crippen LogP contribution in [0.4, 0.5) is 0 Å². The van der Waals surface area contributed by atoms with E-state index in [2.05, 4.69) is 15.6 Å². The Morgan fingerprint density at radius 1 is 1.17 bits per heavy atom. The van der Waals surface area contributed by atoms with E-state index in [1.54, 1.807) is 22.9 Å². The molecule has 1 atom stereocenters. The number of carbonyl (C=O) groups is 1. The highest BCUT2D eigenvalue weighted by Gasteiger charge is 2.37. The molecular weight excluding hydrogens is 466 g/mol. The largest absolute Gasteiger partial charge is 0.491 e. The Morgan fingerprint density at radius 2 is 1.94 bits per heavy atom. The fourth-order valence-corrected chi connectivity index (χ4v) is 6.02. The fourth-order valence-electron chi connectivity index (χ4n) is 4.34. The molecule has 1 aromatic heterocycles. The Bertz CT molecular complexity index is 1270. The van der Waals surface area contributed by atoms with Gasteiger partial charge < -0.3 is 10.1 Å². The first kappa shape index (κ1) is 25.1. The predicted octanol–water partition coefficient (Wildman–Crippen LogP) is 3.49. The van der Waals surface area contributed by atoms with Gasteiger partial charge in [-0.05, 0) is 69.0 Å². The summed E-state index contributed by atoms with van der Waals surface area (Å²) in [6, 6.07) is 11.7. The Morgan fingerprint density at radius 3 is 2.66 bits per heavy atom. The first-order chi connectivity index (χ1) is 16.8. The van der Waals surface area contributed by atoms with Gasteiger partial charge in [0.1, 0.15) is 17.3 Å². The smallest absolute Gasteiger partial charge is 0.243 e. The standard InChI is InChI=1S/C25H33N5O4S/c1-4-14-29-23-13-12-21(16-22(23)27-28-29)35(32,33)30-15-6-5-7-24(30)25(31)26-17-19-8-10-20(11-9-19)34-18(2)3/h8-13,16,18,24H,4-7,14-15,17H2,1-3H3,(H,26,31). The SMILES string of the molecule is CCCn1nnc2cc(S(=O)(=O)N3CCCCC3C(=O)NCc3ccc(OC(C)C)cc3)ccc21. The van der Waals surface area contributed by atoms with Crippen molar-refractivity contribution in [2.24, 2.45) is 0 Å². The molecule has 1 fully saturated rings. The molecule has 1 aliphatic rings. The van der Waals surface area contributed by atoms with Gasteiger partial charge in [-0.1, -0.05) is 30.7 Å². The molecule has 2 aromatic carbocycles. The van der Waals surface area contributed by atoms with E-state index in [1.165, 1.54) is 4.31 Å². The normalized spacial score (nSPS) is 17.1. The van der Waals surface area contributed by atoms with Crippen molar-refractivity contribution < 1.29 is 17.9 Å². The lowest BCUT2D eigenvalue weighted by molar-refractivity contribution is -0.125. The molecular formula is C25H33N5O4S. The van der Waals surface area contributed by atoms with Crippen LogP contribution in [0.15, 0.2) is 47.4 Å². The number of fused-ring (bicyclic) bond motifs is 1. The van der Waals surface area contributed by atoms with E-state index in [9.17, 15) is 13.2 Å². The van der Waals surface area contributed by atoms with Crippen molar-refractivity contribution in [2.45, 2.75) is 76.6 Å². The van der Waals surface area contributed by atoms with Gasteiger partial charge in [0.2, 0.25) is 15.9 Å². The van der Waals surface area contributed by atoms with Crippen molar-refractivity contribution in [3.63, 3.8) is 0 Å². The molecule has 0 bridgehead atoms. The number of hydrogen-bond donors (Lipinski definition) is 1. The number of ether oxygens (including phenoxy) is 1. The molecule has 188 valence electrons. The van der Waals surface area contributed by atoms with Crippen molar-refractivity contribution in [3.05, 3.63) is 48.0 Å². The van der Waals surface area contributed by atoms with Gasteiger partial charge in [0.25, 0.3) is 0 Å². The minimum absolute atomic E-state index is 0.0869. The first-order valence-corrected chi connectivity index (χ1v) is 13.6. The average Bonchev–Trinajstić information content (AvgIpc) is 3.25. The third kappa shape index (κ3) is 5.65. The lowest BCUT2D eigenvalue weighted by atomic mass is 10.0. The summed E-state index contributed by atoms with van der Waals surface area (Å²) in [5.41, 5.74) is 2.24. The highest BCUT2D eigenvalue weighted by atomic mass is 32.2. The van der Waals surface area contributed by atoms with Crippen LogP contribution >= 0.6 is 0 Å². The van der Waals surface area contributed by atoms with E-state index in [4.69, 9.17) is 4.74 Å². The van der Waals surface area contributed by atoms with Crippen LogP contribution in [0.5, 0.6) is 5.75 Å². The number of piperidine rings is 1. The van der Waals surface area contributed by atoms with Gasteiger partial charge in [0, 0.05) is 19.6 Å². The third-order valence-corrected chi connectivity index (χ3v) is 7.95. The molecule has 3 aromatic rings. The van der Waals surface area contributed by atoms with Crippen LogP contribution in [-0.2, 0) is 27.9 Å². The van der Waals surface area contributed by atoms with Crippen LogP contribution in [0.3, 0.4) is 0 Å².